The van der Waals surface area contributed by atoms with Crippen LogP contribution in [0.15, 0.2) is 102 Å². The Morgan fingerprint density at radius 3 is 1.46 bits per heavy atom. The summed E-state index contributed by atoms with van der Waals surface area (Å²) in [4.78, 5) is 0. The van der Waals surface area contributed by atoms with Crippen molar-refractivity contribution in [2.75, 3.05) is 6.16 Å². The molecule has 0 nitrogen and oxygen atoms in total. The van der Waals surface area contributed by atoms with Crippen molar-refractivity contribution in [2.24, 2.45) is 0 Å². The van der Waals surface area contributed by atoms with Gasteiger partial charge in [-0.1, -0.05) is 97.9 Å². The zero-order valence-electron chi connectivity index (χ0n) is 15.5. The van der Waals surface area contributed by atoms with Gasteiger partial charge in [-0.15, -0.1) is 0 Å². The number of rotatable bonds is 6. The molecule has 0 fully saturated rings. The van der Waals surface area contributed by atoms with E-state index in [9.17, 15) is 13.2 Å². The molecule has 0 aliphatic carbocycles. The van der Waals surface area contributed by atoms with Gasteiger partial charge in [0.05, 0.1) is 5.31 Å². The highest BCUT2D eigenvalue weighted by Gasteiger charge is 2.39. The lowest BCUT2D eigenvalue weighted by Crippen LogP contribution is -2.18. The van der Waals surface area contributed by atoms with E-state index in [1.165, 1.54) is 5.82 Å². The molecule has 28 heavy (non-hydrogen) atoms. The molecule has 0 aliphatic rings. The number of allylic oxidation sites excluding steroid dienone is 1. The van der Waals surface area contributed by atoms with Crippen LogP contribution in [0.3, 0.4) is 0 Å². The Labute approximate surface area is 166 Å². The molecule has 0 heterocycles. The molecule has 1 unspecified atom stereocenters. The Balaban J connectivity index is 2.15. The molecule has 0 saturated heterocycles. The number of hydrogen-bond donors (Lipinski definition) is 0. The van der Waals surface area contributed by atoms with Gasteiger partial charge in [-0.25, -0.2) is 0 Å². The normalized spacial score (nSPS) is 13.5. The second-order valence-electron chi connectivity index (χ2n) is 6.13. The Morgan fingerprint density at radius 1 is 0.714 bits per heavy atom. The maximum atomic E-state index is 14.2. The van der Waals surface area contributed by atoms with E-state index in [4.69, 9.17) is 0 Å². The van der Waals surface area contributed by atoms with Gasteiger partial charge in [0.1, 0.15) is 0 Å². The predicted molar refractivity (Wildman–Crippen MR) is 117 cm³/mol. The topological polar surface area (TPSA) is 0 Å². The Hall–Kier alpha value is -1.95. The number of hydrogen-bond acceptors (Lipinski definition) is 0. The molecule has 0 radical (unpaired) electrons. The second kappa shape index (κ2) is 9.50. The Bertz CT molecular complexity index is 852. The van der Waals surface area contributed by atoms with E-state index < -0.39 is 27.3 Å². The van der Waals surface area contributed by atoms with Crippen LogP contribution in [-0.2, 0) is 0 Å². The number of benzene rings is 3. The highest BCUT2D eigenvalue weighted by Crippen LogP contribution is 2.55. The first-order valence-electron chi connectivity index (χ1n) is 9.01. The minimum atomic E-state index is -4.36. The zero-order valence-corrected chi connectivity index (χ0v) is 17.3. The van der Waals surface area contributed by atoms with Crippen LogP contribution in [0.2, 0.25) is 0 Å². The molecule has 0 amide bonds. The summed E-state index contributed by atoms with van der Waals surface area (Å²) in [6.07, 6.45) is -3.90. The summed E-state index contributed by atoms with van der Waals surface area (Å²) in [5.74, 6) is 1.50. The molecule has 0 spiro atoms. The summed E-state index contributed by atoms with van der Waals surface area (Å²) in [6, 6.07) is 28.1. The van der Waals surface area contributed by atoms with Crippen molar-refractivity contribution in [3.8, 4) is 0 Å². The predicted octanol–water partition coefficient (Wildman–Crippen LogP) is 6.35. The van der Waals surface area contributed by atoms with Crippen molar-refractivity contribution in [1.82, 2.24) is 0 Å². The van der Waals surface area contributed by atoms with Gasteiger partial charge in [-0.05, 0) is 43.7 Å². The van der Waals surface area contributed by atoms with Gasteiger partial charge >= 0.3 is 6.18 Å². The Kier molecular flexibility index (Phi) is 7.05. The van der Waals surface area contributed by atoms with Crippen LogP contribution in [0.25, 0.3) is 0 Å². The summed E-state index contributed by atoms with van der Waals surface area (Å²) in [6.45, 7) is 1.84. The van der Waals surface area contributed by atoms with Crippen LogP contribution in [0, 0.1) is 0 Å². The summed E-state index contributed by atoms with van der Waals surface area (Å²) in [5.41, 5.74) is 0. The molecular weight excluding hydrogens is 395 g/mol. The molecule has 0 N–H and O–H groups in total. The molecule has 3 aromatic rings. The smallest absolute Gasteiger partial charge is 0.166 e. The summed E-state index contributed by atoms with van der Waals surface area (Å²) < 4.78 is 42.6. The van der Waals surface area contributed by atoms with Gasteiger partial charge in [0.2, 0.25) is 0 Å². The third-order valence-electron chi connectivity index (χ3n) is 4.29. The fourth-order valence-electron chi connectivity index (χ4n) is 2.99. The summed E-state index contributed by atoms with van der Waals surface area (Å²) in [5, 5.41) is 2.21. The largest absolute Gasteiger partial charge is 0.417 e. The first-order chi connectivity index (χ1) is 13.5. The fraction of sp³-hybridized carbons (Fsp3) is 0.130. The van der Waals surface area contributed by atoms with E-state index in [1.807, 2.05) is 97.9 Å². The lowest BCUT2D eigenvalue weighted by Gasteiger charge is -2.25. The molecule has 0 bridgehead atoms. The van der Waals surface area contributed by atoms with Crippen LogP contribution in [0.1, 0.15) is 6.92 Å². The van der Waals surface area contributed by atoms with E-state index in [0.717, 1.165) is 15.9 Å². The molecule has 3 rings (SSSR count). The van der Waals surface area contributed by atoms with Gasteiger partial charge in [0, 0.05) is 0 Å². The average molecular weight is 416 g/mol. The monoisotopic (exact) mass is 416 g/mol. The molecule has 144 valence electrons. The first kappa shape index (κ1) is 20.8. The van der Waals surface area contributed by atoms with Crippen molar-refractivity contribution in [2.45, 2.75) is 13.1 Å². The highest BCUT2D eigenvalue weighted by atomic mass is 31.1. The molecule has 5 heteroatoms. The standard InChI is InChI=1S/C23H21F3P2/c1-2-27(19-12-6-3-7-13-19)22(23(24,25)26)18-28(20-14-8-4-9-15-20)21-16-10-5-11-17-21/h3-18H,2H2,1H3. The van der Waals surface area contributed by atoms with Crippen molar-refractivity contribution in [3.63, 3.8) is 0 Å². The highest BCUT2D eigenvalue weighted by molar-refractivity contribution is 7.77. The maximum absolute atomic E-state index is 14.2. The zero-order chi connectivity index (χ0) is 20.0. The minimum absolute atomic E-state index is 0.394. The quantitative estimate of drug-likeness (QED) is 0.411. The maximum Gasteiger partial charge on any atom is 0.417 e. The van der Waals surface area contributed by atoms with Crippen LogP contribution in [0.4, 0.5) is 13.2 Å². The number of halogens is 3. The third-order valence-corrected chi connectivity index (χ3v) is 9.23. The molecule has 0 aliphatic heterocycles. The van der Waals surface area contributed by atoms with Crippen LogP contribution < -0.4 is 15.9 Å². The molecule has 0 saturated carbocycles. The third kappa shape index (κ3) is 5.10. The second-order valence-corrected chi connectivity index (χ2v) is 10.7. The SMILES string of the molecule is CCP(C(=CP(c1ccccc1)c1ccccc1)C(F)(F)F)c1ccccc1. The van der Waals surface area contributed by atoms with Gasteiger partial charge in [0.15, 0.2) is 0 Å². The van der Waals surface area contributed by atoms with E-state index in [-0.39, 0.29) is 0 Å². The summed E-state index contributed by atoms with van der Waals surface area (Å²) >= 11 is 0. The van der Waals surface area contributed by atoms with E-state index in [2.05, 4.69) is 0 Å². The van der Waals surface area contributed by atoms with Crippen molar-refractivity contribution < 1.29 is 13.2 Å². The molecular formula is C23H21F3P2. The first-order valence-corrected chi connectivity index (χ1v) is 12.0. The molecule has 1 atom stereocenters. The lowest BCUT2D eigenvalue weighted by atomic mass is 10.4. The van der Waals surface area contributed by atoms with Crippen LogP contribution >= 0.6 is 15.8 Å². The van der Waals surface area contributed by atoms with E-state index in [0.29, 0.717) is 6.16 Å². The lowest BCUT2D eigenvalue weighted by molar-refractivity contribution is -0.0840. The van der Waals surface area contributed by atoms with E-state index >= 15 is 0 Å². The van der Waals surface area contributed by atoms with Crippen LogP contribution in [-0.4, -0.2) is 12.3 Å². The molecule has 3 aromatic carbocycles. The van der Waals surface area contributed by atoms with Crippen molar-refractivity contribution in [3.05, 3.63) is 102 Å². The fourth-order valence-corrected chi connectivity index (χ4v) is 7.69. The number of alkyl halides is 3. The van der Waals surface area contributed by atoms with Crippen LogP contribution in [0.5, 0.6) is 0 Å². The van der Waals surface area contributed by atoms with E-state index in [1.54, 1.807) is 0 Å². The average Bonchev–Trinajstić information content (AvgIpc) is 2.72. The van der Waals surface area contributed by atoms with Crippen molar-refractivity contribution in [1.29, 1.82) is 0 Å². The van der Waals surface area contributed by atoms with Gasteiger partial charge in [0.25, 0.3) is 0 Å². The van der Waals surface area contributed by atoms with Gasteiger partial charge in [-0.3, -0.25) is 0 Å². The van der Waals surface area contributed by atoms with Crippen molar-refractivity contribution >= 4 is 31.8 Å². The Morgan fingerprint density at radius 2 is 1.11 bits per heavy atom. The summed E-state index contributed by atoms with van der Waals surface area (Å²) in [7, 11) is -2.71. The van der Waals surface area contributed by atoms with Gasteiger partial charge in [-0.2, -0.15) is 13.2 Å². The minimum Gasteiger partial charge on any atom is -0.166 e. The van der Waals surface area contributed by atoms with Gasteiger partial charge < -0.3 is 0 Å². The molecule has 0 aromatic heterocycles.